The maximum absolute atomic E-state index is 13.5. The first-order valence-corrected chi connectivity index (χ1v) is 10.2. The molecule has 0 aliphatic rings. The van der Waals surface area contributed by atoms with Gasteiger partial charge in [-0.2, -0.15) is 5.10 Å². The van der Waals surface area contributed by atoms with Crippen LogP contribution >= 0.6 is 0 Å². The highest BCUT2D eigenvalue weighted by Gasteiger charge is 2.18. The standard InChI is InChI=1S/C24H27F2N3O2/c1-15(5-12-23(30)27-14-19-13-21(26)10-11-22(19)31-4)29-17(3)24(16(2)28-29)18-6-8-20(25)9-7-18/h6-11,13,15H,5,12,14H2,1-4H3,(H,27,30). The zero-order valence-corrected chi connectivity index (χ0v) is 18.2. The van der Waals surface area contributed by atoms with Gasteiger partial charge in [-0.1, -0.05) is 12.1 Å². The molecule has 0 saturated carbocycles. The Balaban J connectivity index is 1.61. The number of amides is 1. The molecule has 1 unspecified atom stereocenters. The van der Waals surface area contributed by atoms with Crippen LogP contribution in [0.2, 0.25) is 0 Å². The average Bonchev–Trinajstić information content (AvgIpc) is 3.05. The second-order valence-electron chi connectivity index (χ2n) is 7.62. The molecule has 1 N–H and O–H groups in total. The van der Waals surface area contributed by atoms with Crippen LogP contribution in [0.1, 0.15) is 42.8 Å². The van der Waals surface area contributed by atoms with E-state index in [0.717, 1.165) is 22.5 Å². The van der Waals surface area contributed by atoms with E-state index >= 15 is 0 Å². The van der Waals surface area contributed by atoms with Gasteiger partial charge in [0.25, 0.3) is 0 Å². The number of aryl methyl sites for hydroxylation is 1. The van der Waals surface area contributed by atoms with Crippen molar-refractivity contribution >= 4 is 5.91 Å². The number of benzene rings is 2. The molecule has 0 saturated heterocycles. The van der Waals surface area contributed by atoms with Crippen molar-refractivity contribution in [3.05, 3.63) is 71.1 Å². The number of methoxy groups -OCH3 is 1. The van der Waals surface area contributed by atoms with Gasteiger partial charge < -0.3 is 10.1 Å². The van der Waals surface area contributed by atoms with E-state index < -0.39 is 0 Å². The van der Waals surface area contributed by atoms with Gasteiger partial charge in [-0.25, -0.2) is 8.78 Å². The highest BCUT2D eigenvalue weighted by Crippen LogP contribution is 2.29. The van der Waals surface area contributed by atoms with Gasteiger partial charge in [0, 0.05) is 35.8 Å². The molecule has 1 heterocycles. The molecule has 1 atom stereocenters. The minimum Gasteiger partial charge on any atom is -0.496 e. The van der Waals surface area contributed by atoms with Crippen molar-refractivity contribution in [3.63, 3.8) is 0 Å². The monoisotopic (exact) mass is 427 g/mol. The first kappa shape index (κ1) is 22.5. The molecule has 0 fully saturated rings. The first-order valence-electron chi connectivity index (χ1n) is 10.2. The van der Waals surface area contributed by atoms with E-state index in [-0.39, 0.29) is 30.1 Å². The van der Waals surface area contributed by atoms with Gasteiger partial charge in [0.1, 0.15) is 17.4 Å². The molecule has 3 rings (SSSR count). The van der Waals surface area contributed by atoms with Gasteiger partial charge in [-0.15, -0.1) is 0 Å². The van der Waals surface area contributed by atoms with Gasteiger partial charge >= 0.3 is 0 Å². The third kappa shape index (κ3) is 5.29. The highest BCUT2D eigenvalue weighted by molar-refractivity contribution is 5.76. The third-order valence-electron chi connectivity index (χ3n) is 5.38. The molecule has 0 bridgehead atoms. The molecular weight excluding hydrogens is 400 g/mol. The summed E-state index contributed by atoms with van der Waals surface area (Å²) in [6.07, 6.45) is 0.903. The molecule has 0 aliphatic carbocycles. The number of rotatable bonds is 8. The Morgan fingerprint density at radius 1 is 1.13 bits per heavy atom. The summed E-state index contributed by atoms with van der Waals surface area (Å²) in [6.45, 7) is 6.11. The van der Waals surface area contributed by atoms with Crippen LogP contribution in [0.15, 0.2) is 42.5 Å². The number of hydrogen-bond donors (Lipinski definition) is 1. The molecule has 2 aromatic carbocycles. The van der Waals surface area contributed by atoms with Crippen molar-refractivity contribution in [2.75, 3.05) is 7.11 Å². The maximum Gasteiger partial charge on any atom is 0.220 e. The maximum atomic E-state index is 13.5. The lowest BCUT2D eigenvalue weighted by atomic mass is 10.0. The SMILES string of the molecule is COc1ccc(F)cc1CNC(=O)CCC(C)n1nc(C)c(-c2ccc(F)cc2)c1C. The summed E-state index contributed by atoms with van der Waals surface area (Å²) in [6, 6.07) is 10.6. The Hall–Kier alpha value is -3.22. The zero-order valence-electron chi connectivity index (χ0n) is 18.2. The number of carbonyl (C=O) groups excluding carboxylic acids is 1. The summed E-state index contributed by atoms with van der Waals surface area (Å²) in [5.41, 5.74) is 4.32. The predicted octanol–water partition coefficient (Wildman–Crippen LogP) is 5.11. The number of carbonyl (C=O) groups is 1. The lowest BCUT2D eigenvalue weighted by Gasteiger charge is -2.15. The number of aromatic nitrogens is 2. The largest absolute Gasteiger partial charge is 0.496 e. The molecule has 5 nitrogen and oxygen atoms in total. The van der Waals surface area contributed by atoms with E-state index in [0.29, 0.717) is 24.2 Å². The van der Waals surface area contributed by atoms with E-state index in [1.54, 1.807) is 18.2 Å². The summed E-state index contributed by atoms with van der Waals surface area (Å²) in [7, 11) is 1.51. The molecule has 0 radical (unpaired) electrons. The lowest BCUT2D eigenvalue weighted by Crippen LogP contribution is -2.24. The van der Waals surface area contributed by atoms with Crippen LogP contribution in [0.3, 0.4) is 0 Å². The molecular formula is C24H27F2N3O2. The Labute approximate surface area is 181 Å². The fraction of sp³-hybridized carbons (Fsp3) is 0.333. The van der Waals surface area contributed by atoms with Crippen LogP contribution in [0.5, 0.6) is 5.75 Å². The normalized spacial score (nSPS) is 11.9. The van der Waals surface area contributed by atoms with Crippen LogP contribution in [0.25, 0.3) is 11.1 Å². The average molecular weight is 427 g/mol. The van der Waals surface area contributed by atoms with Gasteiger partial charge in [0.05, 0.1) is 12.8 Å². The summed E-state index contributed by atoms with van der Waals surface area (Å²) in [4.78, 5) is 12.3. The molecule has 1 aromatic heterocycles. The minimum atomic E-state index is -0.375. The van der Waals surface area contributed by atoms with Crippen molar-refractivity contribution in [2.45, 2.75) is 46.2 Å². The van der Waals surface area contributed by atoms with Gasteiger partial charge in [-0.3, -0.25) is 9.48 Å². The summed E-state index contributed by atoms with van der Waals surface area (Å²) >= 11 is 0. The molecule has 7 heteroatoms. The third-order valence-corrected chi connectivity index (χ3v) is 5.38. The second kappa shape index (κ2) is 9.73. The lowest BCUT2D eigenvalue weighted by molar-refractivity contribution is -0.121. The molecule has 31 heavy (non-hydrogen) atoms. The van der Waals surface area contributed by atoms with Crippen molar-refractivity contribution in [3.8, 4) is 16.9 Å². The van der Waals surface area contributed by atoms with Crippen molar-refractivity contribution < 1.29 is 18.3 Å². The Bertz CT molecular complexity index is 1060. The van der Waals surface area contributed by atoms with Crippen molar-refractivity contribution in [1.29, 1.82) is 0 Å². The highest BCUT2D eigenvalue weighted by atomic mass is 19.1. The Morgan fingerprint density at radius 2 is 1.81 bits per heavy atom. The van der Waals surface area contributed by atoms with Crippen LogP contribution < -0.4 is 10.1 Å². The predicted molar refractivity (Wildman–Crippen MR) is 116 cm³/mol. The van der Waals surface area contributed by atoms with E-state index in [9.17, 15) is 13.6 Å². The van der Waals surface area contributed by atoms with Crippen molar-refractivity contribution in [2.24, 2.45) is 0 Å². The topological polar surface area (TPSA) is 56.1 Å². The van der Waals surface area contributed by atoms with Gasteiger partial charge in [0.2, 0.25) is 5.91 Å². The molecule has 1 amide bonds. The number of nitrogens with zero attached hydrogens (tertiary/aromatic N) is 2. The molecule has 3 aromatic rings. The van der Waals surface area contributed by atoms with Crippen LogP contribution in [0, 0.1) is 25.5 Å². The van der Waals surface area contributed by atoms with E-state index in [4.69, 9.17) is 4.74 Å². The first-order chi connectivity index (χ1) is 14.8. The second-order valence-corrected chi connectivity index (χ2v) is 7.62. The fourth-order valence-corrected chi connectivity index (χ4v) is 3.76. The smallest absolute Gasteiger partial charge is 0.220 e. The zero-order chi connectivity index (χ0) is 22.5. The molecule has 0 spiro atoms. The van der Waals surface area contributed by atoms with Crippen LogP contribution in [0.4, 0.5) is 8.78 Å². The van der Waals surface area contributed by atoms with E-state index in [2.05, 4.69) is 10.4 Å². The van der Waals surface area contributed by atoms with Gasteiger partial charge in [0.15, 0.2) is 0 Å². The van der Waals surface area contributed by atoms with Gasteiger partial charge in [-0.05, 0) is 63.1 Å². The molecule has 164 valence electrons. The minimum absolute atomic E-state index is 0.00218. The fourth-order valence-electron chi connectivity index (χ4n) is 3.76. The van der Waals surface area contributed by atoms with Crippen molar-refractivity contribution in [1.82, 2.24) is 15.1 Å². The quantitative estimate of drug-likeness (QED) is 0.543. The summed E-state index contributed by atoms with van der Waals surface area (Å²) in [5, 5.41) is 7.47. The van der Waals surface area contributed by atoms with Crippen LogP contribution in [-0.4, -0.2) is 22.8 Å². The Morgan fingerprint density at radius 3 is 2.48 bits per heavy atom. The van der Waals surface area contributed by atoms with E-state index in [1.165, 1.54) is 31.4 Å². The molecule has 0 aliphatic heterocycles. The van der Waals surface area contributed by atoms with E-state index in [1.807, 2.05) is 25.5 Å². The summed E-state index contributed by atoms with van der Waals surface area (Å²) in [5.74, 6) is -0.244. The number of nitrogens with one attached hydrogen (secondary N) is 1. The number of hydrogen-bond acceptors (Lipinski definition) is 3. The number of halogens is 2. The number of ether oxygens (including phenoxy) is 1. The summed E-state index contributed by atoms with van der Waals surface area (Å²) < 4.78 is 33.9. The van der Waals surface area contributed by atoms with Crippen LogP contribution in [-0.2, 0) is 11.3 Å². The Kier molecular flexibility index (Phi) is 7.05.